The van der Waals surface area contributed by atoms with E-state index >= 15 is 0 Å². The van der Waals surface area contributed by atoms with Crippen LogP contribution in [-0.2, 0) is 0 Å². The van der Waals surface area contributed by atoms with E-state index in [9.17, 15) is 0 Å². The number of para-hydroxylation sites is 2. The monoisotopic (exact) mass is 291 g/mol. The minimum Gasteiger partial charge on any atom is -0.496 e. The van der Waals surface area contributed by atoms with Gasteiger partial charge in [0.05, 0.1) is 7.11 Å². The normalized spacial score (nSPS) is 10.2. The summed E-state index contributed by atoms with van der Waals surface area (Å²) < 4.78 is 11.5. The quantitative estimate of drug-likeness (QED) is 0.706. The van der Waals surface area contributed by atoms with Gasteiger partial charge in [-0.1, -0.05) is 36.4 Å². The lowest BCUT2D eigenvalue weighted by Gasteiger charge is -2.14. The standard InChI is InChI=1S/C19H17NO2/c1-21-19-13-14(20)11-12-17(19)16-9-5-6-10-18(16)22-15-7-3-2-4-8-15/h2-13H,20H2,1H3. The van der Waals surface area contributed by atoms with Crippen molar-refractivity contribution in [3.63, 3.8) is 0 Å². The molecule has 3 rings (SSSR count). The molecule has 3 aromatic rings. The van der Waals surface area contributed by atoms with Crippen LogP contribution in [0.3, 0.4) is 0 Å². The van der Waals surface area contributed by atoms with Crippen LogP contribution in [0.25, 0.3) is 11.1 Å². The highest BCUT2D eigenvalue weighted by atomic mass is 16.5. The molecule has 0 amide bonds. The largest absolute Gasteiger partial charge is 0.496 e. The summed E-state index contributed by atoms with van der Waals surface area (Å²) in [6.07, 6.45) is 0. The first-order valence-electron chi connectivity index (χ1n) is 7.04. The lowest BCUT2D eigenvalue weighted by Crippen LogP contribution is -1.93. The van der Waals surface area contributed by atoms with Crippen LogP contribution in [0.15, 0.2) is 72.8 Å². The molecule has 0 bridgehead atoms. The molecule has 3 aromatic carbocycles. The molecule has 22 heavy (non-hydrogen) atoms. The van der Waals surface area contributed by atoms with Gasteiger partial charge in [-0.2, -0.15) is 0 Å². The Morgan fingerprint density at radius 2 is 1.41 bits per heavy atom. The van der Waals surface area contributed by atoms with Gasteiger partial charge in [-0.15, -0.1) is 0 Å². The smallest absolute Gasteiger partial charge is 0.135 e. The Morgan fingerprint density at radius 1 is 0.727 bits per heavy atom. The van der Waals surface area contributed by atoms with Crippen molar-refractivity contribution in [3.8, 4) is 28.4 Å². The lowest BCUT2D eigenvalue weighted by atomic mass is 10.0. The average Bonchev–Trinajstić information content (AvgIpc) is 2.56. The SMILES string of the molecule is COc1cc(N)ccc1-c1ccccc1Oc1ccccc1. The average molecular weight is 291 g/mol. The van der Waals surface area contributed by atoms with E-state index < -0.39 is 0 Å². The van der Waals surface area contributed by atoms with E-state index in [-0.39, 0.29) is 0 Å². The van der Waals surface area contributed by atoms with Crippen LogP contribution in [0.5, 0.6) is 17.2 Å². The Bertz CT molecular complexity index is 769. The Morgan fingerprint density at radius 3 is 2.18 bits per heavy atom. The molecule has 0 aliphatic heterocycles. The number of ether oxygens (including phenoxy) is 2. The van der Waals surface area contributed by atoms with Crippen LogP contribution < -0.4 is 15.2 Å². The van der Waals surface area contributed by atoms with Crippen molar-refractivity contribution < 1.29 is 9.47 Å². The van der Waals surface area contributed by atoms with Gasteiger partial charge >= 0.3 is 0 Å². The molecule has 0 spiro atoms. The van der Waals surface area contributed by atoms with Gasteiger partial charge in [0, 0.05) is 22.9 Å². The molecule has 0 radical (unpaired) electrons. The van der Waals surface area contributed by atoms with E-state index in [0.717, 1.165) is 28.4 Å². The summed E-state index contributed by atoms with van der Waals surface area (Å²) in [6, 6.07) is 23.2. The zero-order valence-corrected chi connectivity index (χ0v) is 12.3. The van der Waals surface area contributed by atoms with Gasteiger partial charge in [-0.25, -0.2) is 0 Å². The summed E-state index contributed by atoms with van der Waals surface area (Å²) in [5.41, 5.74) is 8.41. The van der Waals surface area contributed by atoms with Crippen molar-refractivity contribution in [3.05, 3.63) is 72.8 Å². The van der Waals surface area contributed by atoms with Crippen LogP contribution in [0.2, 0.25) is 0 Å². The third kappa shape index (κ3) is 2.88. The number of nitrogens with two attached hydrogens (primary N) is 1. The third-order valence-corrected chi connectivity index (χ3v) is 3.37. The van der Waals surface area contributed by atoms with Gasteiger partial charge in [0.25, 0.3) is 0 Å². The van der Waals surface area contributed by atoms with Gasteiger partial charge < -0.3 is 15.2 Å². The molecule has 0 atom stereocenters. The molecule has 0 fully saturated rings. The zero-order chi connectivity index (χ0) is 15.4. The highest BCUT2D eigenvalue weighted by Gasteiger charge is 2.12. The number of nitrogen functional groups attached to an aromatic ring is 1. The highest BCUT2D eigenvalue weighted by molar-refractivity contribution is 5.77. The predicted molar refractivity (Wildman–Crippen MR) is 89.4 cm³/mol. The van der Waals surface area contributed by atoms with E-state index in [1.807, 2.05) is 72.8 Å². The minimum atomic E-state index is 0.669. The molecule has 0 aliphatic carbocycles. The van der Waals surface area contributed by atoms with Crippen LogP contribution in [0.1, 0.15) is 0 Å². The van der Waals surface area contributed by atoms with Crippen LogP contribution in [0.4, 0.5) is 5.69 Å². The molecular weight excluding hydrogens is 274 g/mol. The first kappa shape index (κ1) is 14.0. The Hall–Kier alpha value is -2.94. The molecule has 3 nitrogen and oxygen atoms in total. The number of anilines is 1. The van der Waals surface area contributed by atoms with Crippen molar-refractivity contribution in [2.24, 2.45) is 0 Å². The zero-order valence-electron chi connectivity index (χ0n) is 12.3. The van der Waals surface area contributed by atoms with Crippen molar-refractivity contribution >= 4 is 5.69 Å². The fourth-order valence-corrected chi connectivity index (χ4v) is 2.32. The Labute approximate surface area is 129 Å². The van der Waals surface area contributed by atoms with E-state index in [4.69, 9.17) is 15.2 Å². The summed E-state index contributed by atoms with van der Waals surface area (Å²) in [6.45, 7) is 0. The van der Waals surface area contributed by atoms with E-state index in [1.54, 1.807) is 7.11 Å². The maximum Gasteiger partial charge on any atom is 0.135 e. The fourth-order valence-electron chi connectivity index (χ4n) is 2.32. The molecule has 0 saturated carbocycles. The van der Waals surface area contributed by atoms with Crippen molar-refractivity contribution in [2.45, 2.75) is 0 Å². The van der Waals surface area contributed by atoms with Crippen molar-refractivity contribution in [2.75, 3.05) is 12.8 Å². The molecular formula is C19H17NO2. The maximum absolute atomic E-state index is 6.01. The highest BCUT2D eigenvalue weighted by Crippen LogP contribution is 2.38. The molecule has 0 aliphatic rings. The van der Waals surface area contributed by atoms with E-state index in [0.29, 0.717) is 5.69 Å². The number of hydrogen-bond acceptors (Lipinski definition) is 3. The summed E-state index contributed by atoms with van der Waals surface area (Å²) in [5.74, 6) is 2.30. The number of hydrogen-bond donors (Lipinski definition) is 1. The maximum atomic E-state index is 6.01. The molecule has 0 aromatic heterocycles. The number of benzene rings is 3. The van der Waals surface area contributed by atoms with Gasteiger partial charge in [0.1, 0.15) is 17.2 Å². The first-order chi connectivity index (χ1) is 10.8. The van der Waals surface area contributed by atoms with Gasteiger partial charge in [-0.3, -0.25) is 0 Å². The second-order valence-corrected chi connectivity index (χ2v) is 4.87. The second-order valence-electron chi connectivity index (χ2n) is 4.87. The summed E-state index contributed by atoms with van der Waals surface area (Å²) in [4.78, 5) is 0. The summed E-state index contributed by atoms with van der Waals surface area (Å²) in [7, 11) is 1.64. The molecule has 0 heterocycles. The van der Waals surface area contributed by atoms with E-state index in [1.165, 1.54) is 0 Å². The van der Waals surface area contributed by atoms with Crippen LogP contribution in [0, 0.1) is 0 Å². The molecule has 3 heteroatoms. The predicted octanol–water partition coefficient (Wildman–Crippen LogP) is 4.74. The van der Waals surface area contributed by atoms with Crippen molar-refractivity contribution in [1.29, 1.82) is 0 Å². The molecule has 0 unspecified atom stereocenters. The minimum absolute atomic E-state index is 0.669. The number of methoxy groups -OCH3 is 1. The topological polar surface area (TPSA) is 44.5 Å². The van der Waals surface area contributed by atoms with Crippen LogP contribution >= 0.6 is 0 Å². The third-order valence-electron chi connectivity index (χ3n) is 3.37. The van der Waals surface area contributed by atoms with Gasteiger partial charge in [0.2, 0.25) is 0 Å². The summed E-state index contributed by atoms with van der Waals surface area (Å²) >= 11 is 0. The lowest BCUT2D eigenvalue weighted by molar-refractivity contribution is 0.416. The fraction of sp³-hybridized carbons (Fsp3) is 0.0526. The van der Waals surface area contributed by atoms with E-state index in [2.05, 4.69) is 0 Å². The molecule has 2 N–H and O–H groups in total. The first-order valence-corrected chi connectivity index (χ1v) is 7.04. The Balaban J connectivity index is 2.05. The van der Waals surface area contributed by atoms with Gasteiger partial charge in [-0.05, 0) is 30.3 Å². The molecule has 110 valence electrons. The van der Waals surface area contributed by atoms with Crippen molar-refractivity contribution in [1.82, 2.24) is 0 Å². The Kier molecular flexibility index (Phi) is 3.97. The molecule has 0 saturated heterocycles. The van der Waals surface area contributed by atoms with Gasteiger partial charge in [0.15, 0.2) is 0 Å². The van der Waals surface area contributed by atoms with Crippen LogP contribution in [-0.4, -0.2) is 7.11 Å². The summed E-state index contributed by atoms with van der Waals surface area (Å²) in [5, 5.41) is 0. The number of rotatable bonds is 4. The second kappa shape index (κ2) is 6.22.